The van der Waals surface area contributed by atoms with Gasteiger partial charge in [-0.25, -0.2) is 8.78 Å². The van der Waals surface area contributed by atoms with Crippen molar-refractivity contribution < 1.29 is 8.78 Å². The monoisotopic (exact) mass is 353 g/mol. The topological polar surface area (TPSA) is 12.0 Å². The maximum Gasteiger partial charge on any atom is 0.126 e. The molecule has 0 spiro atoms. The van der Waals surface area contributed by atoms with Gasteiger partial charge in [0.1, 0.15) is 11.6 Å². The van der Waals surface area contributed by atoms with E-state index in [-0.39, 0.29) is 17.6 Å². The van der Waals surface area contributed by atoms with Gasteiger partial charge in [0.25, 0.3) is 0 Å². The van der Waals surface area contributed by atoms with Crippen molar-refractivity contribution in [3.05, 3.63) is 69.7 Å². The Morgan fingerprint density at radius 3 is 2.48 bits per heavy atom. The molecule has 21 heavy (non-hydrogen) atoms. The van der Waals surface area contributed by atoms with Crippen molar-refractivity contribution in [3.8, 4) is 0 Å². The Balaban J connectivity index is 2.16. The highest BCUT2D eigenvalue weighted by Crippen LogP contribution is 2.23. The summed E-state index contributed by atoms with van der Waals surface area (Å²) in [4.78, 5) is 0. The Morgan fingerprint density at radius 2 is 1.76 bits per heavy atom. The summed E-state index contributed by atoms with van der Waals surface area (Å²) in [5.74, 6) is -0.232. The maximum absolute atomic E-state index is 13.8. The van der Waals surface area contributed by atoms with Crippen molar-refractivity contribution in [2.45, 2.75) is 12.8 Å². The van der Waals surface area contributed by atoms with E-state index in [1.165, 1.54) is 18.2 Å². The van der Waals surface area contributed by atoms with Crippen molar-refractivity contribution in [2.75, 3.05) is 13.6 Å². The van der Waals surface area contributed by atoms with Crippen molar-refractivity contribution in [3.63, 3.8) is 0 Å². The number of benzene rings is 2. The highest BCUT2D eigenvalue weighted by atomic mass is 79.9. The molecule has 1 unspecified atom stereocenters. The lowest BCUT2D eigenvalue weighted by molar-refractivity contribution is 0.478. The van der Waals surface area contributed by atoms with E-state index in [0.717, 1.165) is 16.6 Å². The molecule has 0 aliphatic rings. The number of hydrogen-bond donors (Lipinski definition) is 1. The second-order valence-corrected chi connectivity index (χ2v) is 6.01. The molecule has 0 radical (unpaired) electrons. The lowest BCUT2D eigenvalue weighted by atomic mass is 9.92. The fourth-order valence-corrected chi connectivity index (χ4v) is 2.90. The summed E-state index contributed by atoms with van der Waals surface area (Å²) >= 11 is 3.45. The Bertz CT molecular complexity index is 601. The van der Waals surface area contributed by atoms with Gasteiger partial charge in [0, 0.05) is 4.47 Å². The highest BCUT2D eigenvalue weighted by molar-refractivity contribution is 9.10. The molecule has 0 fully saturated rings. The van der Waals surface area contributed by atoms with Crippen molar-refractivity contribution in [1.82, 2.24) is 5.32 Å². The molecule has 0 aliphatic heterocycles. The molecule has 2 aromatic rings. The van der Waals surface area contributed by atoms with E-state index >= 15 is 0 Å². The molecule has 112 valence electrons. The largest absolute Gasteiger partial charge is 0.319 e. The van der Waals surface area contributed by atoms with Crippen LogP contribution in [0.15, 0.2) is 46.9 Å². The Morgan fingerprint density at radius 1 is 1.05 bits per heavy atom. The van der Waals surface area contributed by atoms with Gasteiger partial charge in [-0.1, -0.05) is 34.1 Å². The average Bonchev–Trinajstić information content (AvgIpc) is 2.45. The number of rotatable bonds is 6. The quantitative estimate of drug-likeness (QED) is 0.813. The fraction of sp³-hybridized carbons (Fsp3) is 0.294. The molecule has 1 nitrogen and oxygen atoms in total. The lowest BCUT2D eigenvalue weighted by Crippen LogP contribution is -2.23. The molecular formula is C17H18BrF2N. The van der Waals surface area contributed by atoms with Crippen molar-refractivity contribution in [1.29, 1.82) is 0 Å². The first kappa shape index (κ1) is 16.1. The average molecular weight is 354 g/mol. The summed E-state index contributed by atoms with van der Waals surface area (Å²) in [5, 5.41) is 3.13. The van der Waals surface area contributed by atoms with Crippen LogP contribution in [0.25, 0.3) is 0 Å². The smallest absolute Gasteiger partial charge is 0.126 e. The van der Waals surface area contributed by atoms with Crippen LogP contribution in [-0.4, -0.2) is 13.6 Å². The van der Waals surface area contributed by atoms with Crippen LogP contribution in [0.4, 0.5) is 8.78 Å². The zero-order valence-electron chi connectivity index (χ0n) is 11.9. The second kappa shape index (κ2) is 7.66. The Kier molecular flexibility index (Phi) is 5.88. The molecule has 0 bridgehead atoms. The van der Waals surface area contributed by atoms with Gasteiger partial charge >= 0.3 is 0 Å². The minimum atomic E-state index is -0.248. The minimum absolute atomic E-state index is 0.183. The Labute approximate surface area is 132 Å². The predicted octanol–water partition coefficient (Wildman–Crippen LogP) is 4.35. The number of nitrogens with one attached hydrogen (secondary N) is 1. The molecule has 0 heterocycles. The minimum Gasteiger partial charge on any atom is -0.319 e. The zero-order valence-corrected chi connectivity index (χ0v) is 13.5. The van der Waals surface area contributed by atoms with Crippen LogP contribution in [0.2, 0.25) is 0 Å². The molecule has 4 heteroatoms. The first-order valence-electron chi connectivity index (χ1n) is 6.92. The second-order valence-electron chi connectivity index (χ2n) is 5.16. The normalized spacial score (nSPS) is 12.4. The predicted molar refractivity (Wildman–Crippen MR) is 85.3 cm³/mol. The van der Waals surface area contributed by atoms with E-state index < -0.39 is 0 Å². The van der Waals surface area contributed by atoms with E-state index in [0.29, 0.717) is 18.4 Å². The number of halogens is 3. The summed E-state index contributed by atoms with van der Waals surface area (Å²) in [6, 6.07) is 11.5. The van der Waals surface area contributed by atoms with Gasteiger partial charge < -0.3 is 5.32 Å². The van der Waals surface area contributed by atoms with Crippen LogP contribution in [0.1, 0.15) is 11.1 Å². The van der Waals surface area contributed by atoms with E-state index in [1.54, 1.807) is 18.2 Å². The first-order valence-corrected chi connectivity index (χ1v) is 7.71. The van der Waals surface area contributed by atoms with Gasteiger partial charge in [-0.3, -0.25) is 0 Å². The van der Waals surface area contributed by atoms with Gasteiger partial charge in [0.15, 0.2) is 0 Å². The summed E-state index contributed by atoms with van der Waals surface area (Å²) < 4.78 is 28.0. The molecule has 0 aromatic heterocycles. The van der Waals surface area contributed by atoms with Crippen molar-refractivity contribution >= 4 is 15.9 Å². The third-order valence-electron chi connectivity index (χ3n) is 3.48. The molecular weight excluding hydrogens is 336 g/mol. The van der Waals surface area contributed by atoms with Gasteiger partial charge in [-0.2, -0.15) is 0 Å². The zero-order chi connectivity index (χ0) is 15.2. The van der Waals surface area contributed by atoms with Gasteiger partial charge in [-0.05, 0) is 67.7 Å². The van der Waals surface area contributed by atoms with E-state index in [4.69, 9.17) is 0 Å². The first-order chi connectivity index (χ1) is 10.1. The van der Waals surface area contributed by atoms with Gasteiger partial charge in [0.05, 0.1) is 0 Å². The third kappa shape index (κ3) is 4.61. The molecule has 0 amide bonds. The standard InChI is InChI=1S/C17H18BrF2N/c1-21-11-12(8-13-4-2-3-5-17(13)20)9-14-10-15(19)6-7-16(14)18/h2-7,10,12,21H,8-9,11H2,1H3. The van der Waals surface area contributed by atoms with Crippen LogP contribution in [0.3, 0.4) is 0 Å². The highest BCUT2D eigenvalue weighted by Gasteiger charge is 2.14. The summed E-state index contributed by atoms with van der Waals surface area (Å²) in [7, 11) is 1.87. The lowest BCUT2D eigenvalue weighted by Gasteiger charge is -2.18. The van der Waals surface area contributed by atoms with Crippen LogP contribution >= 0.6 is 15.9 Å². The fourth-order valence-electron chi connectivity index (χ4n) is 2.49. The van der Waals surface area contributed by atoms with Gasteiger partial charge in [0.2, 0.25) is 0 Å². The van der Waals surface area contributed by atoms with Gasteiger partial charge in [-0.15, -0.1) is 0 Å². The third-order valence-corrected chi connectivity index (χ3v) is 4.25. The molecule has 0 aliphatic carbocycles. The Hall–Kier alpha value is -1.26. The van der Waals surface area contributed by atoms with Crippen molar-refractivity contribution in [2.24, 2.45) is 5.92 Å². The molecule has 0 saturated carbocycles. The summed E-state index contributed by atoms with van der Waals surface area (Å²) in [5.41, 5.74) is 1.61. The summed E-state index contributed by atoms with van der Waals surface area (Å²) in [6.07, 6.45) is 1.31. The summed E-state index contributed by atoms with van der Waals surface area (Å²) in [6.45, 7) is 0.747. The molecule has 1 atom stereocenters. The molecule has 2 aromatic carbocycles. The molecule has 0 saturated heterocycles. The van der Waals surface area contributed by atoms with Crippen LogP contribution in [-0.2, 0) is 12.8 Å². The van der Waals surface area contributed by atoms with Crippen LogP contribution in [0, 0.1) is 17.6 Å². The van der Waals surface area contributed by atoms with E-state index in [9.17, 15) is 8.78 Å². The molecule has 1 N–H and O–H groups in total. The SMILES string of the molecule is CNCC(Cc1ccccc1F)Cc1cc(F)ccc1Br. The molecule has 2 rings (SSSR count). The number of hydrogen-bond acceptors (Lipinski definition) is 1. The van der Waals surface area contributed by atoms with Crippen LogP contribution in [0.5, 0.6) is 0 Å². The van der Waals surface area contributed by atoms with E-state index in [1.807, 2.05) is 13.1 Å². The maximum atomic E-state index is 13.8. The van der Waals surface area contributed by atoms with E-state index in [2.05, 4.69) is 21.2 Å². The van der Waals surface area contributed by atoms with Crippen LogP contribution < -0.4 is 5.32 Å².